The molecule has 0 spiro atoms. The van der Waals surface area contributed by atoms with Crippen LogP contribution in [0.15, 0.2) is 72.1 Å². The second kappa shape index (κ2) is 10.0. The Kier molecular flexibility index (Phi) is 7.17. The largest absolute Gasteiger partial charge is 0.492 e. The van der Waals surface area contributed by atoms with Gasteiger partial charge < -0.3 is 10.1 Å². The molecule has 0 bridgehead atoms. The van der Waals surface area contributed by atoms with Gasteiger partial charge in [0.2, 0.25) is 5.91 Å². The van der Waals surface area contributed by atoms with Gasteiger partial charge in [-0.05, 0) is 48.3 Å². The lowest BCUT2D eigenvalue weighted by Gasteiger charge is -2.21. The summed E-state index contributed by atoms with van der Waals surface area (Å²) in [5.41, 5.74) is 0.854. The fourth-order valence-corrected chi connectivity index (χ4v) is 3.60. The van der Waals surface area contributed by atoms with Crippen molar-refractivity contribution in [3.05, 3.63) is 88.4 Å². The molecule has 0 saturated heterocycles. The predicted octanol–water partition coefficient (Wildman–Crippen LogP) is 4.10. The molecule has 1 amide bonds. The first-order chi connectivity index (χ1) is 13.6. The van der Waals surface area contributed by atoms with E-state index in [9.17, 15) is 9.18 Å². The summed E-state index contributed by atoms with van der Waals surface area (Å²) in [6, 6.07) is 19.4. The van der Waals surface area contributed by atoms with Crippen LogP contribution in [0.4, 0.5) is 4.39 Å². The molecule has 1 heterocycles. The molecule has 0 aliphatic rings. The van der Waals surface area contributed by atoms with E-state index in [0.717, 1.165) is 16.2 Å². The summed E-state index contributed by atoms with van der Waals surface area (Å²) in [5.74, 6) is 0.428. The lowest BCUT2D eigenvalue weighted by molar-refractivity contribution is -0.122. The summed E-state index contributed by atoms with van der Waals surface area (Å²) in [6.45, 7) is 1.38. The second-order valence-electron chi connectivity index (χ2n) is 6.47. The van der Waals surface area contributed by atoms with Gasteiger partial charge in [-0.1, -0.05) is 36.4 Å². The summed E-state index contributed by atoms with van der Waals surface area (Å²) < 4.78 is 18.9. The normalized spacial score (nSPS) is 12.0. The molecule has 3 rings (SSSR count). The van der Waals surface area contributed by atoms with Crippen LogP contribution >= 0.6 is 11.3 Å². The highest BCUT2D eigenvalue weighted by atomic mass is 32.1. The SMILES string of the molecule is CN(CCOc1ccccc1)CC(=O)N[C@H](c1ccc(F)cc1)c1cccs1. The third-order valence-corrected chi connectivity index (χ3v) is 5.17. The molecule has 3 aromatic rings. The number of benzene rings is 2. The Bertz CT molecular complexity index is 854. The van der Waals surface area contributed by atoms with Gasteiger partial charge >= 0.3 is 0 Å². The monoisotopic (exact) mass is 398 g/mol. The zero-order valence-corrected chi connectivity index (χ0v) is 16.5. The number of para-hydroxylation sites is 1. The second-order valence-corrected chi connectivity index (χ2v) is 7.45. The zero-order chi connectivity index (χ0) is 19.8. The molecular formula is C22H23FN2O2S. The molecule has 1 atom stereocenters. The van der Waals surface area contributed by atoms with Gasteiger partial charge in [0.1, 0.15) is 18.2 Å². The van der Waals surface area contributed by atoms with Crippen LogP contribution in [-0.4, -0.2) is 37.6 Å². The number of likely N-dealkylation sites (N-methyl/N-ethyl adjacent to an activating group) is 1. The number of thiophene rings is 1. The number of rotatable bonds is 9. The van der Waals surface area contributed by atoms with Gasteiger partial charge in [-0.3, -0.25) is 9.69 Å². The van der Waals surface area contributed by atoms with Crippen molar-refractivity contribution < 1.29 is 13.9 Å². The molecule has 2 aromatic carbocycles. The van der Waals surface area contributed by atoms with E-state index in [1.54, 1.807) is 23.5 Å². The van der Waals surface area contributed by atoms with E-state index in [4.69, 9.17) is 4.74 Å². The van der Waals surface area contributed by atoms with Crippen LogP contribution in [-0.2, 0) is 4.79 Å². The summed E-state index contributed by atoms with van der Waals surface area (Å²) in [4.78, 5) is 15.5. The number of carbonyl (C=O) groups is 1. The Balaban J connectivity index is 1.54. The van der Waals surface area contributed by atoms with E-state index in [1.807, 2.05) is 59.8 Å². The number of amides is 1. The average Bonchev–Trinajstić information content (AvgIpc) is 3.22. The van der Waals surface area contributed by atoms with E-state index < -0.39 is 0 Å². The van der Waals surface area contributed by atoms with Crippen LogP contribution in [0.5, 0.6) is 5.75 Å². The van der Waals surface area contributed by atoms with Gasteiger partial charge in [0.15, 0.2) is 0 Å². The number of carbonyl (C=O) groups excluding carboxylic acids is 1. The molecule has 28 heavy (non-hydrogen) atoms. The van der Waals surface area contributed by atoms with Crippen molar-refractivity contribution >= 4 is 17.2 Å². The highest BCUT2D eigenvalue weighted by molar-refractivity contribution is 7.10. The minimum absolute atomic E-state index is 0.0927. The average molecular weight is 399 g/mol. The molecule has 0 aliphatic carbocycles. The van der Waals surface area contributed by atoms with Crippen molar-refractivity contribution in [2.45, 2.75) is 6.04 Å². The van der Waals surface area contributed by atoms with Gasteiger partial charge in [0.05, 0.1) is 12.6 Å². The number of halogens is 1. The maximum atomic E-state index is 13.3. The molecule has 1 aromatic heterocycles. The van der Waals surface area contributed by atoms with Crippen molar-refractivity contribution in [2.75, 3.05) is 26.7 Å². The Hall–Kier alpha value is -2.70. The zero-order valence-electron chi connectivity index (χ0n) is 15.7. The third kappa shape index (κ3) is 5.90. The van der Waals surface area contributed by atoms with Crippen LogP contribution in [0.25, 0.3) is 0 Å². The van der Waals surface area contributed by atoms with Gasteiger partial charge in [-0.25, -0.2) is 4.39 Å². The van der Waals surface area contributed by atoms with E-state index in [0.29, 0.717) is 13.2 Å². The summed E-state index contributed by atoms with van der Waals surface area (Å²) in [7, 11) is 1.88. The minimum atomic E-state index is -0.293. The molecule has 0 unspecified atom stereocenters. The van der Waals surface area contributed by atoms with Crippen molar-refractivity contribution in [1.29, 1.82) is 0 Å². The lowest BCUT2D eigenvalue weighted by atomic mass is 10.1. The highest BCUT2D eigenvalue weighted by Crippen LogP contribution is 2.26. The van der Waals surface area contributed by atoms with Crippen LogP contribution in [0.3, 0.4) is 0 Å². The first-order valence-corrected chi connectivity index (χ1v) is 9.94. The van der Waals surface area contributed by atoms with Crippen LogP contribution in [0.1, 0.15) is 16.5 Å². The van der Waals surface area contributed by atoms with Crippen LogP contribution in [0, 0.1) is 5.82 Å². The van der Waals surface area contributed by atoms with Crippen molar-refractivity contribution in [1.82, 2.24) is 10.2 Å². The van der Waals surface area contributed by atoms with Crippen molar-refractivity contribution in [3.8, 4) is 5.75 Å². The molecule has 1 N–H and O–H groups in total. The van der Waals surface area contributed by atoms with Crippen LogP contribution < -0.4 is 10.1 Å². The number of nitrogens with zero attached hydrogens (tertiary/aromatic N) is 1. The van der Waals surface area contributed by atoms with Gasteiger partial charge in [-0.2, -0.15) is 0 Å². The Morgan fingerprint density at radius 1 is 1.11 bits per heavy atom. The highest BCUT2D eigenvalue weighted by Gasteiger charge is 2.18. The molecule has 0 saturated carbocycles. The first-order valence-electron chi connectivity index (χ1n) is 9.06. The number of hydrogen-bond donors (Lipinski definition) is 1. The van der Waals surface area contributed by atoms with Crippen molar-refractivity contribution in [2.24, 2.45) is 0 Å². The number of nitrogens with one attached hydrogen (secondary N) is 1. The standard InChI is InChI=1S/C22H23FN2O2S/c1-25(13-14-27-19-6-3-2-4-7-19)16-21(26)24-22(20-8-5-15-28-20)17-9-11-18(23)12-10-17/h2-12,15,22H,13-14,16H2,1H3,(H,24,26)/t22-/m1/s1. The molecule has 0 fully saturated rings. The molecule has 6 heteroatoms. The fraction of sp³-hybridized carbons (Fsp3) is 0.227. The maximum Gasteiger partial charge on any atom is 0.234 e. The molecule has 0 radical (unpaired) electrons. The smallest absolute Gasteiger partial charge is 0.234 e. The summed E-state index contributed by atoms with van der Waals surface area (Å²) >= 11 is 1.56. The topological polar surface area (TPSA) is 41.6 Å². The first kappa shape index (κ1) is 20.0. The molecule has 4 nitrogen and oxygen atoms in total. The molecule has 0 aliphatic heterocycles. The van der Waals surface area contributed by atoms with Gasteiger partial charge in [-0.15, -0.1) is 11.3 Å². The predicted molar refractivity (Wildman–Crippen MR) is 110 cm³/mol. The minimum Gasteiger partial charge on any atom is -0.492 e. The summed E-state index contributed by atoms with van der Waals surface area (Å²) in [5, 5.41) is 5.02. The third-order valence-electron chi connectivity index (χ3n) is 4.23. The molecular weight excluding hydrogens is 375 g/mol. The number of ether oxygens (including phenoxy) is 1. The van der Waals surface area contributed by atoms with Crippen LogP contribution in [0.2, 0.25) is 0 Å². The fourth-order valence-electron chi connectivity index (χ4n) is 2.80. The Morgan fingerprint density at radius 2 is 1.86 bits per heavy atom. The Morgan fingerprint density at radius 3 is 2.54 bits per heavy atom. The van der Waals surface area contributed by atoms with Gasteiger partial charge in [0.25, 0.3) is 0 Å². The Labute approximate surface area is 168 Å². The van der Waals surface area contributed by atoms with E-state index in [-0.39, 0.29) is 24.3 Å². The summed E-state index contributed by atoms with van der Waals surface area (Å²) in [6.07, 6.45) is 0. The quantitative estimate of drug-likeness (QED) is 0.590. The number of hydrogen-bond acceptors (Lipinski definition) is 4. The maximum absolute atomic E-state index is 13.3. The lowest BCUT2D eigenvalue weighted by Crippen LogP contribution is -2.38. The van der Waals surface area contributed by atoms with E-state index >= 15 is 0 Å². The van der Waals surface area contributed by atoms with E-state index in [1.165, 1.54) is 12.1 Å². The van der Waals surface area contributed by atoms with E-state index in [2.05, 4.69) is 5.32 Å². The molecule has 146 valence electrons. The van der Waals surface area contributed by atoms with Gasteiger partial charge in [0, 0.05) is 11.4 Å². The van der Waals surface area contributed by atoms with Crippen molar-refractivity contribution in [3.63, 3.8) is 0 Å².